The summed E-state index contributed by atoms with van der Waals surface area (Å²) in [6.45, 7) is 3.22. The number of hydrogen-bond acceptors (Lipinski definition) is 5. The van der Waals surface area contributed by atoms with E-state index in [0.717, 1.165) is 30.9 Å². The van der Waals surface area contributed by atoms with Crippen molar-refractivity contribution in [1.82, 2.24) is 15.2 Å². The summed E-state index contributed by atoms with van der Waals surface area (Å²) in [5, 5.41) is 14.4. The lowest BCUT2D eigenvalue weighted by Crippen LogP contribution is -2.41. The minimum absolute atomic E-state index is 0.0457. The van der Waals surface area contributed by atoms with E-state index in [1.54, 1.807) is 0 Å². The van der Waals surface area contributed by atoms with Crippen LogP contribution in [0, 0.1) is 0 Å². The van der Waals surface area contributed by atoms with Gasteiger partial charge < -0.3 is 20.6 Å². The Kier molecular flexibility index (Phi) is 8.03. The van der Waals surface area contributed by atoms with Crippen LogP contribution in [0.4, 0.5) is 5.82 Å². The predicted octanol–water partition coefficient (Wildman–Crippen LogP) is 1.20. The molecule has 0 saturated carbocycles. The molecule has 27 heavy (non-hydrogen) atoms. The highest BCUT2D eigenvalue weighted by molar-refractivity contribution is 5.85. The molecule has 1 aromatic heterocycles. The fourth-order valence-electron chi connectivity index (χ4n) is 3.00. The maximum atomic E-state index is 12.3. The standard InChI is InChI=1S/C19H28N4O4/c1-2-23(13-16(24)20-12-10-18(26)27)17(25)7-3-6-15-9-8-14-5-4-11-21-19(14)22-15/h8-9H,2-7,10-13H2,1H3,(H,20,24)(H,21,22)(H,26,27). The Balaban J connectivity index is 1.74. The number of rotatable bonds is 10. The lowest BCUT2D eigenvalue weighted by Gasteiger charge is -2.20. The van der Waals surface area contributed by atoms with Crippen molar-refractivity contribution >= 4 is 23.6 Å². The van der Waals surface area contributed by atoms with Gasteiger partial charge in [-0.3, -0.25) is 14.4 Å². The molecule has 2 amide bonds. The fourth-order valence-corrected chi connectivity index (χ4v) is 3.00. The SMILES string of the molecule is CCN(CC(=O)NCCC(=O)O)C(=O)CCCc1ccc2c(n1)NCCC2. The molecule has 0 saturated heterocycles. The van der Waals surface area contributed by atoms with E-state index in [1.807, 2.05) is 13.0 Å². The van der Waals surface area contributed by atoms with E-state index in [0.29, 0.717) is 25.8 Å². The molecule has 2 heterocycles. The molecule has 0 unspecified atom stereocenters. The summed E-state index contributed by atoms with van der Waals surface area (Å²) < 4.78 is 0. The second kappa shape index (κ2) is 10.5. The molecule has 0 radical (unpaired) electrons. The zero-order chi connectivity index (χ0) is 19.6. The number of likely N-dealkylation sites (N-methyl/N-ethyl adjacent to an activating group) is 1. The van der Waals surface area contributed by atoms with Crippen molar-refractivity contribution in [2.24, 2.45) is 0 Å². The summed E-state index contributed by atoms with van der Waals surface area (Å²) in [4.78, 5) is 40.7. The number of hydrogen-bond donors (Lipinski definition) is 3. The third-order valence-corrected chi connectivity index (χ3v) is 4.51. The van der Waals surface area contributed by atoms with Crippen molar-refractivity contribution < 1.29 is 19.5 Å². The summed E-state index contributed by atoms with van der Waals surface area (Å²) in [5.74, 6) is -0.432. The first-order valence-electron chi connectivity index (χ1n) is 9.48. The molecule has 0 spiro atoms. The van der Waals surface area contributed by atoms with Crippen LogP contribution in [0.15, 0.2) is 12.1 Å². The first kappa shape index (κ1) is 20.7. The number of nitrogens with zero attached hydrogens (tertiary/aromatic N) is 2. The molecule has 1 aromatic rings. The van der Waals surface area contributed by atoms with Crippen LogP contribution in [0.2, 0.25) is 0 Å². The van der Waals surface area contributed by atoms with Crippen LogP contribution in [0.1, 0.15) is 43.9 Å². The van der Waals surface area contributed by atoms with Crippen LogP contribution in [0.5, 0.6) is 0 Å². The third kappa shape index (κ3) is 6.88. The maximum absolute atomic E-state index is 12.3. The van der Waals surface area contributed by atoms with Crippen LogP contribution in [0.3, 0.4) is 0 Å². The average Bonchev–Trinajstić information content (AvgIpc) is 2.65. The van der Waals surface area contributed by atoms with Gasteiger partial charge in [-0.1, -0.05) is 6.07 Å². The van der Waals surface area contributed by atoms with Crippen LogP contribution >= 0.6 is 0 Å². The molecule has 1 aliphatic heterocycles. The number of fused-ring (bicyclic) bond motifs is 1. The van der Waals surface area contributed by atoms with E-state index in [-0.39, 0.29) is 31.3 Å². The van der Waals surface area contributed by atoms with Crippen LogP contribution < -0.4 is 10.6 Å². The smallest absolute Gasteiger partial charge is 0.305 e. The van der Waals surface area contributed by atoms with E-state index in [4.69, 9.17) is 5.11 Å². The normalized spacial score (nSPS) is 12.6. The van der Waals surface area contributed by atoms with Gasteiger partial charge in [0, 0.05) is 31.7 Å². The van der Waals surface area contributed by atoms with Crippen molar-refractivity contribution in [2.75, 3.05) is 31.5 Å². The third-order valence-electron chi connectivity index (χ3n) is 4.51. The minimum Gasteiger partial charge on any atom is -0.481 e. The van der Waals surface area contributed by atoms with Crippen molar-refractivity contribution in [3.8, 4) is 0 Å². The quantitative estimate of drug-likeness (QED) is 0.566. The first-order chi connectivity index (χ1) is 13.0. The van der Waals surface area contributed by atoms with Crippen molar-refractivity contribution in [1.29, 1.82) is 0 Å². The van der Waals surface area contributed by atoms with Gasteiger partial charge in [0.05, 0.1) is 13.0 Å². The Bertz CT molecular complexity index is 678. The number of carboxylic acid groups (broad SMARTS) is 1. The summed E-state index contributed by atoms with van der Waals surface area (Å²) in [7, 11) is 0. The van der Waals surface area contributed by atoms with Crippen LogP contribution in [0.25, 0.3) is 0 Å². The highest BCUT2D eigenvalue weighted by atomic mass is 16.4. The molecule has 8 heteroatoms. The number of carboxylic acids is 1. The number of carbonyl (C=O) groups excluding carboxylic acids is 2. The highest BCUT2D eigenvalue weighted by Crippen LogP contribution is 2.20. The molecule has 3 N–H and O–H groups in total. The second-order valence-corrected chi connectivity index (χ2v) is 6.60. The van der Waals surface area contributed by atoms with Gasteiger partial charge >= 0.3 is 5.97 Å². The monoisotopic (exact) mass is 376 g/mol. The van der Waals surface area contributed by atoms with Gasteiger partial charge in [0.25, 0.3) is 0 Å². The summed E-state index contributed by atoms with van der Waals surface area (Å²) >= 11 is 0. The second-order valence-electron chi connectivity index (χ2n) is 6.60. The number of aryl methyl sites for hydroxylation is 2. The zero-order valence-electron chi connectivity index (χ0n) is 15.8. The molecule has 0 aromatic carbocycles. The number of aromatic nitrogens is 1. The fraction of sp³-hybridized carbons (Fsp3) is 0.579. The Hall–Kier alpha value is -2.64. The van der Waals surface area contributed by atoms with Crippen molar-refractivity contribution in [3.05, 3.63) is 23.4 Å². The van der Waals surface area contributed by atoms with Crippen molar-refractivity contribution in [2.45, 2.75) is 45.4 Å². The largest absolute Gasteiger partial charge is 0.481 e. The van der Waals surface area contributed by atoms with Gasteiger partial charge in [0.15, 0.2) is 0 Å². The van der Waals surface area contributed by atoms with Gasteiger partial charge in [-0.25, -0.2) is 4.98 Å². The maximum Gasteiger partial charge on any atom is 0.305 e. The number of pyridine rings is 1. The Morgan fingerprint density at radius 1 is 1.30 bits per heavy atom. The Morgan fingerprint density at radius 2 is 2.11 bits per heavy atom. The topological polar surface area (TPSA) is 112 Å². The molecule has 1 aliphatic rings. The lowest BCUT2D eigenvalue weighted by atomic mass is 10.1. The number of aliphatic carboxylic acids is 1. The van der Waals surface area contributed by atoms with E-state index in [1.165, 1.54) is 10.5 Å². The minimum atomic E-state index is -0.968. The Labute approximate surface area is 159 Å². The lowest BCUT2D eigenvalue weighted by molar-refractivity contribution is -0.138. The summed E-state index contributed by atoms with van der Waals surface area (Å²) in [5.41, 5.74) is 2.21. The van der Waals surface area contributed by atoms with Gasteiger partial charge in [-0.05, 0) is 44.2 Å². The molecular weight excluding hydrogens is 348 g/mol. The number of amides is 2. The number of anilines is 1. The van der Waals surface area contributed by atoms with Crippen molar-refractivity contribution in [3.63, 3.8) is 0 Å². The predicted molar refractivity (Wildman–Crippen MR) is 102 cm³/mol. The van der Waals surface area contributed by atoms with E-state index >= 15 is 0 Å². The summed E-state index contributed by atoms with van der Waals surface area (Å²) in [6.07, 6.45) is 3.77. The average molecular weight is 376 g/mol. The van der Waals surface area contributed by atoms with E-state index in [9.17, 15) is 14.4 Å². The molecule has 0 fully saturated rings. The summed E-state index contributed by atoms with van der Waals surface area (Å²) in [6, 6.07) is 4.12. The molecule has 148 valence electrons. The molecule has 2 rings (SSSR count). The molecule has 0 aliphatic carbocycles. The molecule has 8 nitrogen and oxygen atoms in total. The Morgan fingerprint density at radius 3 is 2.85 bits per heavy atom. The van der Waals surface area contributed by atoms with Gasteiger partial charge in [0.1, 0.15) is 5.82 Å². The van der Waals surface area contributed by atoms with Gasteiger partial charge in [-0.2, -0.15) is 0 Å². The number of carbonyl (C=O) groups is 3. The van der Waals surface area contributed by atoms with E-state index in [2.05, 4.69) is 21.7 Å². The molecule has 0 bridgehead atoms. The van der Waals surface area contributed by atoms with Crippen LogP contribution in [-0.2, 0) is 27.2 Å². The van der Waals surface area contributed by atoms with E-state index < -0.39 is 5.97 Å². The molecule has 0 atom stereocenters. The van der Waals surface area contributed by atoms with Gasteiger partial charge in [0.2, 0.25) is 11.8 Å². The molecular formula is C19H28N4O4. The van der Waals surface area contributed by atoms with Crippen LogP contribution in [-0.4, -0.2) is 59.0 Å². The number of nitrogens with one attached hydrogen (secondary N) is 2. The van der Waals surface area contributed by atoms with Gasteiger partial charge in [-0.15, -0.1) is 0 Å². The zero-order valence-corrected chi connectivity index (χ0v) is 15.8. The highest BCUT2D eigenvalue weighted by Gasteiger charge is 2.16. The first-order valence-corrected chi connectivity index (χ1v) is 9.48.